The predicted octanol–water partition coefficient (Wildman–Crippen LogP) is 4.22. The maximum absolute atomic E-state index is 12.4. The zero-order valence-electron chi connectivity index (χ0n) is 15.3. The van der Waals surface area contributed by atoms with E-state index in [9.17, 15) is 4.79 Å². The lowest BCUT2D eigenvalue weighted by Crippen LogP contribution is -2.22. The molecule has 0 bridgehead atoms. The lowest BCUT2D eigenvalue weighted by atomic mass is 10.2. The molecule has 140 valence electrons. The fraction of sp³-hybridized carbons (Fsp3) is 0. The molecule has 0 radical (unpaired) electrons. The van der Waals surface area contributed by atoms with Crippen LogP contribution in [0.5, 0.6) is 0 Å². The van der Waals surface area contributed by atoms with Crippen molar-refractivity contribution in [3.63, 3.8) is 0 Å². The van der Waals surface area contributed by atoms with Crippen LogP contribution < -0.4 is 11.0 Å². The zero-order valence-corrected chi connectivity index (χ0v) is 15.3. The molecule has 0 aliphatic rings. The summed E-state index contributed by atoms with van der Waals surface area (Å²) in [6.07, 6.45) is 0. The Labute approximate surface area is 165 Å². The van der Waals surface area contributed by atoms with Gasteiger partial charge in [0.25, 0.3) is 5.91 Å². The van der Waals surface area contributed by atoms with Gasteiger partial charge in [-0.3, -0.25) is 4.79 Å². The smallest absolute Gasteiger partial charge is 0.271 e. The molecule has 0 atom stereocenters. The van der Waals surface area contributed by atoms with E-state index >= 15 is 0 Å². The van der Waals surface area contributed by atoms with Gasteiger partial charge in [0.05, 0.1) is 16.6 Å². The summed E-state index contributed by atoms with van der Waals surface area (Å²) in [4.78, 5) is 20.3. The van der Waals surface area contributed by atoms with Crippen molar-refractivity contribution in [1.29, 1.82) is 0 Å². The van der Waals surface area contributed by atoms with E-state index in [1.165, 1.54) is 0 Å². The number of H-pyrrole nitrogens is 1. The van der Waals surface area contributed by atoms with Crippen LogP contribution in [-0.4, -0.2) is 15.9 Å². The standard InChI is InChI=1S/C23H16N4O2/c28-22(15-8-2-1-3-9-15)26-27-23-17(14-16-10-4-7-13-20(16)29-23)21-24-18-11-5-6-12-19(18)25-21/h1-14H,(H,24,25)(H,26,28)/b27-23+. The molecular formula is C23H16N4O2. The summed E-state index contributed by atoms with van der Waals surface area (Å²) in [6, 6.07) is 26.3. The van der Waals surface area contributed by atoms with E-state index in [4.69, 9.17) is 4.42 Å². The first-order valence-corrected chi connectivity index (χ1v) is 9.15. The van der Waals surface area contributed by atoms with Gasteiger partial charge in [0.1, 0.15) is 11.4 Å². The maximum atomic E-state index is 12.4. The van der Waals surface area contributed by atoms with E-state index in [1.807, 2.05) is 60.7 Å². The number of hydrogen-bond acceptors (Lipinski definition) is 4. The Morgan fingerprint density at radius 1 is 0.931 bits per heavy atom. The molecule has 0 aliphatic heterocycles. The van der Waals surface area contributed by atoms with Gasteiger partial charge in [-0.25, -0.2) is 10.4 Å². The van der Waals surface area contributed by atoms with Gasteiger partial charge in [-0.05, 0) is 36.4 Å². The number of amides is 1. The van der Waals surface area contributed by atoms with Crippen LogP contribution in [0.3, 0.4) is 0 Å². The van der Waals surface area contributed by atoms with Gasteiger partial charge < -0.3 is 9.40 Å². The quantitative estimate of drug-likeness (QED) is 0.460. The Morgan fingerprint density at radius 3 is 2.55 bits per heavy atom. The third kappa shape index (κ3) is 3.27. The lowest BCUT2D eigenvalue weighted by Gasteiger charge is -2.03. The normalized spacial score (nSPS) is 11.8. The van der Waals surface area contributed by atoms with Crippen LogP contribution in [0.1, 0.15) is 10.4 Å². The summed E-state index contributed by atoms with van der Waals surface area (Å²) in [7, 11) is 0. The number of hydrogen-bond donors (Lipinski definition) is 2. The van der Waals surface area contributed by atoms with Crippen LogP contribution in [-0.2, 0) is 0 Å². The first-order chi connectivity index (χ1) is 14.3. The maximum Gasteiger partial charge on any atom is 0.271 e. The molecule has 5 rings (SSSR count). The summed E-state index contributed by atoms with van der Waals surface area (Å²) in [6.45, 7) is 0. The van der Waals surface area contributed by atoms with Crippen LogP contribution in [0, 0.1) is 0 Å². The van der Waals surface area contributed by atoms with Gasteiger partial charge in [0.2, 0.25) is 5.55 Å². The highest BCUT2D eigenvalue weighted by atomic mass is 16.3. The lowest BCUT2D eigenvalue weighted by molar-refractivity contribution is 0.0951. The van der Waals surface area contributed by atoms with Crippen molar-refractivity contribution >= 4 is 27.9 Å². The summed E-state index contributed by atoms with van der Waals surface area (Å²) in [5.74, 6) is 0.304. The van der Waals surface area contributed by atoms with Crippen LogP contribution in [0.4, 0.5) is 0 Å². The van der Waals surface area contributed by atoms with E-state index in [0.29, 0.717) is 22.5 Å². The van der Waals surface area contributed by atoms with Crippen molar-refractivity contribution in [2.45, 2.75) is 0 Å². The van der Waals surface area contributed by atoms with Crippen molar-refractivity contribution in [2.75, 3.05) is 0 Å². The number of imidazole rings is 1. The molecular weight excluding hydrogens is 364 g/mol. The highest BCUT2D eigenvalue weighted by Gasteiger charge is 2.12. The number of rotatable bonds is 3. The van der Waals surface area contributed by atoms with Gasteiger partial charge in [-0.2, -0.15) is 0 Å². The third-order valence-corrected chi connectivity index (χ3v) is 4.60. The van der Waals surface area contributed by atoms with Crippen molar-refractivity contribution < 1.29 is 9.21 Å². The monoisotopic (exact) mass is 380 g/mol. The molecule has 2 N–H and O–H groups in total. The molecule has 3 aromatic carbocycles. The van der Waals surface area contributed by atoms with Gasteiger partial charge >= 0.3 is 0 Å². The molecule has 1 amide bonds. The molecule has 6 nitrogen and oxygen atoms in total. The topological polar surface area (TPSA) is 83.3 Å². The Balaban J connectivity index is 1.64. The molecule has 2 heterocycles. The van der Waals surface area contributed by atoms with Crippen molar-refractivity contribution in [3.8, 4) is 11.4 Å². The van der Waals surface area contributed by atoms with Crippen LogP contribution in [0.2, 0.25) is 0 Å². The van der Waals surface area contributed by atoms with E-state index in [2.05, 4.69) is 20.5 Å². The second-order valence-corrected chi connectivity index (χ2v) is 6.52. The van der Waals surface area contributed by atoms with Crippen molar-refractivity contribution in [3.05, 3.63) is 96.0 Å². The number of nitrogens with zero attached hydrogens (tertiary/aromatic N) is 2. The fourth-order valence-corrected chi connectivity index (χ4v) is 3.16. The minimum Gasteiger partial charge on any atom is -0.436 e. The molecule has 0 aliphatic carbocycles. The van der Waals surface area contributed by atoms with Crippen LogP contribution in [0.15, 0.2) is 94.4 Å². The SMILES string of the molecule is O=C(N/N=c1/oc2ccccc2cc1-c1nc2ccccc2[nH]1)c1ccccc1. The summed E-state index contributed by atoms with van der Waals surface area (Å²) >= 11 is 0. The number of para-hydroxylation sites is 3. The van der Waals surface area contributed by atoms with Crippen molar-refractivity contribution in [2.24, 2.45) is 5.10 Å². The predicted molar refractivity (Wildman–Crippen MR) is 111 cm³/mol. The van der Waals surface area contributed by atoms with Crippen LogP contribution >= 0.6 is 0 Å². The molecule has 29 heavy (non-hydrogen) atoms. The summed E-state index contributed by atoms with van der Waals surface area (Å²) in [5.41, 5.74) is 6.44. The number of nitrogens with one attached hydrogen (secondary N) is 2. The number of carbonyl (C=O) groups excluding carboxylic acids is 1. The first-order valence-electron chi connectivity index (χ1n) is 9.15. The molecule has 0 unspecified atom stereocenters. The molecule has 0 saturated heterocycles. The number of aromatic amines is 1. The second-order valence-electron chi connectivity index (χ2n) is 6.52. The third-order valence-electron chi connectivity index (χ3n) is 4.60. The zero-order chi connectivity index (χ0) is 19.6. The Kier molecular flexibility index (Phi) is 4.14. The largest absolute Gasteiger partial charge is 0.436 e. The van der Waals surface area contributed by atoms with Crippen LogP contribution in [0.25, 0.3) is 33.4 Å². The fourth-order valence-electron chi connectivity index (χ4n) is 3.16. The Morgan fingerprint density at radius 2 is 1.69 bits per heavy atom. The van der Waals surface area contributed by atoms with E-state index in [0.717, 1.165) is 16.4 Å². The average Bonchev–Trinajstić information content (AvgIpc) is 3.21. The Hall–Kier alpha value is -4.19. The minimum absolute atomic E-state index is 0.270. The first kappa shape index (κ1) is 16.9. The van der Waals surface area contributed by atoms with Gasteiger partial charge in [0.15, 0.2) is 0 Å². The van der Waals surface area contributed by atoms with E-state index in [1.54, 1.807) is 24.3 Å². The van der Waals surface area contributed by atoms with Gasteiger partial charge in [-0.15, -0.1) is 5.10 Å². The molecule has 5 aromatic rings. The average molecular weight is 380 g/mol. The van der Waals surface area contributed by atoms with E-state index in [-0.39, 0.29) is 11.5 Å². The summed E-state index contributed by atoms with van der Waals surface area (Å²) in [5, 5.41) is 5.17. The molecule has 6 heteroatoms. The van der Waals surface area contributed by atoms with Crippen molar-refractivity contribution in [1.82, 2.24) is 15.4 Å². The highest BCUT2D eigenvalue weighted by Crippen LogP contribution is 2.21. The Bertz CT molecular complexity index is 1370. The molecule has 0 fully saturated rings. The summed E-state index contributed by atoms with van der Waals surface area (Å²) < 4.78 is 5.99. The van der Waals surface area contributed by atoms with Gasteiger partial charge in [0, 0.05) is 10.9 Å². The second kappa shape index (κ2) is 7.09. The number of fused-ring (bicyclic) bond motifs is 2. The minimum atomic E-state index is -0.315. The number of benzene rings is 3. The highest BCUT2D eigenvalue weighted by molar-refractivity contribution is 5.93. The molecule has 0 spiro atoms. The van der Waals surface area contributed by atoms with E-state index < -0.39 is 0 Å². The number of aromatic nitrogens is 2. The van der Waals surface area contributed by atoms with Gasteiger partial charge in [-0.1, -0.05) is 48.5 Å². The molecule has 2 aromatic heterocycles. The molecule has 0 saturated carbocycles. The number of carbonyl (C=O) groups is 1.